The molecule has 0 saturated heterocycles. The Kier molecular flexibility index (Phi) is 8.48. The lowest BCUT2D eigenvalue weighted by molar-refractivity contribution is -0.122. The fourth-order valence-corrected chi connectivity index (χ4v) is 3.33. The third-order valence-electron chi connectivity index (χ3n) is 5.45. The first-order valence-corrected chi connectivity index (χ1v) is 9.81. The third-order valence-corrected chi connectivity index (χ3v) is 5.45. The Morgan fingerprint density at radius 3 is 2.55 bits per heavy atom. The summed E-state index contributed by atoms with van der Waals surface area (Å²) in [4.78, 5) is 16.4. The quantitative estimate of drug-likeness (QED) is 0.317. The number of nitrogens with one attached hydrogen (secondary N) is 3. The summed E-state index contributed by atoms with van der Waals surface area (Å²) in [5.41, 5.74) is 5.29. The SMILES string of the molecule is CN=C(NCc1cccc(NC(=O)C2CCC2)c1)NCc1c(C)nn(C)c1C.I. The van der Waals surface area contributed by atoms with E-state index < -0.39 is 0 Å². The molecular weight excluding hydrogens is 479 g/mol. The number of aliphatic imine (C=N–C) groups is 1. The van der Waals surface area contributed by atoms with Crippen molar-refractivity contribution in [3.63, 3.8) is 0 Å². The summed E-state index contributed by atoms with van der Waals surface area (Å²) in [6.45, 7) is 5.38. The molecule has 0 aliphatic heterocycles. The van der Waals surface area contributed by atoms with Gasteiger partial charge in [-0.15, -0.1) is 24.0 Å². The molecule has 3 rings (SSSR count). The highest BCUT2D eigenvalue weighted by atomic mass is 127. The maximum Gasteiger partial charge on any atom is 0.227 e. The smallest absolute Gasteiger partial charge is 0.227 e. The Bertz CT molecular complexity index is 872. The van der Waals surface area contributed by atoms with Gasteiger partial charge in [-0.1, -0.05) is 18.6 Å². The molecule has 0 atom stereocenters. The molecule has 158 valence electrons. The van der Waals surface area contributed by atoms with Gasteiger partial charge in [0.05, 0.1) is 5.69 Å². The molecule has 8 heteroatoms. The summed E-state index contributed by atoms with van der Waals surface area (Å²) in [5, 5.41) is 14.1. The van der Waals surface area contributed by atoms with Crippen LogP contribution in [0.1, 0.15) is 41.8 Å². The van der Waals surface area contributed by atoms with E-state index in [2.05, 4.69) is 33.0 Å². The lowest BCUT2D eigenvalue weighted by atomic mass is 9.85. The predicted octanol–water partition coefficient (Wildman–Crippen LogP) is 3.26. The fourth-order valence-electron chi connectivity index (χ4n) is 3.33. The summed E-state index contributed by atoms with van der Waals surface area (Å²) >= 11 is 0. The van der Waals surface area contributed by atoms with Gasteiger partial charge in [0.25, 0.3) is 0 Å². The zero-order chi connectivity index (χ0) is 20.1. The Hall–Kier alpha value is -2.10. The number of hydrogen-bond donors (Lipinski definition) is 3. The van der Waals surface area contributed by atoms with Crippen molar-refractivity contribution in [3.8, 4) is 0 Å². The van der Waals surface area contributed by atoms with Gasteiger partial charge in [-0.3, -0.25) is 14.5 Å². The molecule has 1 aliphatic rings. The van der Waals surface area contributed by atoms with Crippen LogP contribution in [0.2, 0.25) is 0 Å². The molecule has 0 unspecified atom stereocenters. The van der Waals surface area contributed by atoms with Crippen molar-refractivity contribution in [2.24, 2.45) is 18.0 Å². The topological polar surface area (TPSA) is 83.3 Å². The van der Waals surface area contributed by atoms with Crippen LogP contribution in [-0.4, -0.2) is 28.7 Å². The largest absolute Gasteiger partial charge is 0.352 e. The molecule has 1 aliphatic carbocycles. The maximum absolute atomic E-state index is 12.1. The van der Waals surface area contributed by atoms with Crippen LogP contribution in [0.3, 0.4) is 0 Å². The van der Waals surface area contributed by atoms with Crippen LogP contribution in [0.5, 0.6) is 0 Å². The molecule has 1 amide bonds. The Morgan fingerprint density at radius 2 is 1.97 bits per heavy atom. The standard InChI is InChI=1S/C21H30N6O.HI/c1-14-19(15(2)27(4)26-14)13-24-21(22-3)23-12-16-7-5-10-18(11-16)25-20(28)17-8-6-9-17;/h5,7,10-11,17H,6,8-9,12-13H2,1-4H3,(H,25,28)(H2,22,23,24);1H. The van der Waals surface area contributed by atoms with Gasteiger partial charge in [-0.2, -0.15) is 5.10 Å². The van der Waals surface area contributed by atoms with E-state index in [1.807, 2.05) is 42.9 Å². The lowest BCUT2D eigenvalue weighted by Crippen LogP contribution is -2.36. The number of amides is 1. The van der Waals surface area contributed by atoms with Crippen molar-refractivity contribution in [3.05, 3.63) is 46.8 Å². The van der Waals surface area contributed by atoms with E-state index in [1.165, 1.54) is 5.56 Å². The number of carbonyl (C=O) groups is 1. The number of aryl methyl sites for hydroxylation is 2. The number of halogens is 1. The fraction of sp³-hybridized carbons (Fsp3) is 0.476. The molecule has 1 aromatic heterocycles. The molecular formula is C21H31IN6O. The number of anilines is 1. The van der Waals surface area contributed by atoms with Gasteiger partial charge < -0.3 is 16.0 Å². The van der Waals surface area contributed by atoms with E-state index >= 15 is 0 Å². The van der Waals surface area contributed by atoms with Crippen molar-refractivity contribution in [2.75, 3.05) is 12.4 Å². The zero-order valence-corrected chi connectivity index (χ0v) is 19.9. The number of guanidine groups is 1. The summed E-state index contributed by atoms with van der Waals surface area (Å²) in [6.07, 6.45) is 3.17. The van der Waals surface area contributed by atoms with Gasteiger partial charge in [-0.25, -0.2) is 0 Å². The maximum atomic E-state index is 12.1. The zero-order valence-electron chi connectivity index (χ0n) is 17.6. The first-order valence-electron chi connectivity index (χ1n) is 9.81. The van der Waals surface area contributed by atoms with Gasteiger partial charge in [0, 0.05) is 50.0 Å². The van der Waals surface area contributed by atoms with Crippen LogP contribution in [0, 0.1) is 19.8 Å². The van der Waals surface area contributed by atoms with Gasteiger partial charge in [0.2, 0.25) is 5.91 Å². The molecule has 1 heterocycles. The Balaban J connectivity index is 0.00000300. The Morgan fingerprint density at radius 1 is 1.24 bits per heavy atom. The van der Waals surface area contributed by atoms with Crippen LogP contribution in [0.15, 0.2) is 29.3 Å². The average Bonchev–Trinajstić information content (AvgIpc) is 2.86. The second kappa shape index (κ2) is 10.6. The number of carbonyl (C=O) groups excluding carboxylic acids is 1. The van der Waals surface area contributed by atoms with Crippen molar-refractivity contribution < 1.29 is 4.79 Å². The summed E-state index contributed by atoms with van der Waals surface area (Å²) in [5.74, 6) is 1.05. The van der Waals surface area contributed by atoms with E-state index in [0.29, 0.717) is 13.1 Å². The van der Waals surface area contributed by atoms with Gasteiger partial charge >= 0.3 is 0 Å². The second-order valence-corrected chi connectivity index (χ2v) is 7.37. The van der Waals surface area contributed by atoms with E-state index in [0.717, 1.165) is 47.9 Å². The highest BCUT2D eigenvalue weighted by Gasteiger charge is 2.25. The van der Waals surface area contributed by atoms with Gasteiger partial charge in [-0.05, 0) is 44.4 Å². The van der Waals surface area contributed by atoms with Crippen LogP contribution in [0.25, 0.3) is 0 Å². The molecule has 0 bridgehead atoms. The highest BCUT2D eigenvalue weighted by molar-refractivity contribution is 14.0. The summed E-state index contributed by atoms with van der Waals surface area (Å²) < 4.78 is 1.89. The van der Waals surface area contributed by atoms with Crippen LogP contribution in [0.4, 0.5) is 5.69 Å². The molecule has 29 heavy (non-hydrogen) atoms. The first-order chi connectivity index (χ1) is 13.5. The monoisotopic (exact) mass is 510 g/mol. The van der Waals surface area contributed by atoms with Crippen LogP contribution >= 0.6 is 24.0 Å². The van der Waals surface area contributed by atoms with Crippen LogP contribution < -0.4 is 16.0 Å². The third kappa shape index (κ3) is 5.94. The lowest BCUT2D eigenvalue weighted by Gasteiger charge is -2.24. The molecule has 2 aromatic rings. The summed E-state index contributed by atoms with van der Waals surface area (Å²) in [7, 11) is 3.71. The van der Waals surface area contributed by atoms with E-state index in [1.54, 1.807) is 7.05 Å². The Labute approximate surface area is 189 Å². The second-order valence-electron chi connectivity index (χ2n) is 7.37. The number of nitrogens with zero attached hydrogens (tertiary/aromatic N) is 3. The minimum absolute atomic E-state index is 0. The van der Waals surface area contributed by atoms with E-state index in [9.17, 15) is 4.79 Å². The number of benzene rings is 1. The number of hydrogen-bond acceptors (Lipinski definition) is 3. The molecule has 7 nitrogen and oxygen atoms in total. The minimum atomic E-state index is 0. The first kappa shape index (κ1) is 23.2. The van der Waals surface area contributed by atoms with Crippen molar-refractivity contribution in [1.29, 1.82) is 0 Å². The van der Waals surface area contributed by atoms with Crippen LogP contribution in [-0.2, 0) is 24.9 Å². The normalized spacial score (nSPS) is 14.0. The van der Waals surface area contributed by atoms with Crippen molar-refractivity contribution in [2.45, 2.75) is 46.2 Å². The number of rotatable bonds is 6. The molecule has 0 radical (unpaired) electrons. The molecule has 1 aromatic carbocycles. The molecule has 1 fully saturated rings. The highest BCUT2D eigenvalue weighted by Crippen LogP contribution is 2.27. The molecule has 0 spiro atoms. The molecule has 1 saturated carbocycles. The van der Waals surface area contributed by atoms with E-state index in [-0.39, 0.29) is 35.8 Å². The number of aromatic nitrogens is 2. The predicted molar refractivity (Wildman–Crippen MR) is 128 cm³/mol. The summed E-state index contributed by atoms with van der Waals surface area (Å²) in [6, 6.07) is 7.94. The minimum Gasteiger partial charge on any atom is -0.352 e. The average molecular weight is 510 g/mol. The van der Waals surface area contributed by atoms with Gasteiger partial charge in [0.15, 0.2) is 5.96 Å². The van der Waals surface area contributed by atoms with Crippen molar-refractivity contribution in [1.82, 2.24) is 20.4 Å². The van der Waals surface area contributed by atoms with E-state index in [4.69, 9.17) is 0 Å². The van der Waals surface area contributed by atoms with Crippen molar-refractivity contribution >= 4 is 41.5 Å². The molecule has 3 N–H and O–H groups in total. The van der Waals surface area contributed by atoms with Gasteiger partial charge in [0.1, 0.15) is 0 Å².